The van der Waals surface area contributed by atoms with Crippen molar-refractivity contribution in [1.29, 1.82) is 0 Å². The van der Waals surface area contributed by atoms with Gasteiger partial charge in [-0.3, -0.25) is 25.2 Å². The maximum Gasteiger partial charge on any atom is 0.289 e. The van der Waals surface area contributed by atoms with Crippen LogP contribution in [0.1, 0.15) is 55.0 Å². The maximum atomic E-state index is 14.1. The Kier molecular flexibility index (Phi) is 7.37. The number of hydrazine groups is 1. The van der Waals surface area contributed by atoms with Crippen molar-refractivity contribution in [2.75, 3.05) is 13.1 Å². The summed E-state index contributed by atoms with van der Waals surface area (Å²) in [6, 6.07) is 6.54. The van der Waals surface area contributed by atoms with Gasteiger partial charge in [0.05, 0.1) is 21.2 Å². The standard InChI is InChI=1S/C23H18ClF3N4O3S/c24-15-2-1-3-16(26)19(15)23(34)31-8-6-12(7-9-31)22-28-18(11-35-22)21(33)30-29-20(32)14-5-4-13(25)10-17(14)27/h1-5,10-12H,6-9H2,(H,29,32)(H,30,33). The minimum Gasteiger partial charge on any atom is -0.338 e. The topological polar surface area (TPSA) is 91.4 Å². The lowest BCUT2D eigenvalue weighted by Gasteiger charge is -2.31. The Balaban J connectivity index is 1.32. The summed E-state index contributed by atoms with van der Waals surface area (Å²) in [6.07, 6.45) is 1.12. The van der Waals surface area contributed by atoms with E-state index in [1.165, 1.54) is 39.8 Å². The van der Waals surface area contributed by atoms with Crippen LogP contribution in [0.15, 0.2) is 41.8 Å². The number of likely N-dealkylation sites (tertiary alicyclic amines) is 1. The summed E-state index contributed by atoms with van der Waals surface area (Å²) in [5.74, 6) is -4.69. The van der Waals surface area contributed by atoms with Gasteiger partial charge < -0.3 is 4.90 Å². The predicted octanol–water partition coefficient (Wildman–Crippen LogP) is 4.31. The van der Waals surface area contributed by atoms with E-state index in [9.17, 15) is 27.6 Å². The lowest BCUT2D eigenvalue weighted by Crippen LogP contribution is -2.42. The summed E-state index contributed by atoms with van der Waals surface area (Å²) in [4.78, 5) is 42.9. The number of amides is 3. The van der Waals surface area contributed by atoms with Gasteiger partial charge in [-0.25, -0.2) is 18.2 Å². The van der Waals surface area contributed by atoms with Gasteiger partial charge in [-0.15, -0.1) is 11.3 Å². The molecule has 182 valence electrons. The van der Waals surface area contributed by atoms with Gasteiger partial charge >= 0.3 is 0 Å². The number of hydrogen-bond acceptors (Lipinski definition) is 5. The van der Waals surface area contributed by atoms with E-state index in [1.807, 2.05) is 0 Å². The normalized spacial score (nSPS) is 14.0. The van der Waals surface area contributed by atoms with Crippen LogP contribution in [0.3, 0.4) is 0 Å². The van der Waals surface area contributed by atoms with Crippen molar-refractivity contribution in [3.8, 4) is 0 Å². The van der Waals surface area contributed by atoms with Crippen LogP contribution < -0.4 is 10.9 Å². The fraction of sp³-hybridized carbons (Fsp3) is 0.217. The number of nitrogens with zero attached hydrogens (tertiary/aromatic N) is 2. The molecule has 0 saturated carbocycles. The fourth-order valence-electron chi connectivity index (χ4n) is 3.69. The second kappa shape index (κ2) is 10.4. The average molecular weight is 523 g/mol. The molecule has 2 N–H and O–H groups in total. The van der Waals surface area contributed by atoms with E-state index in [0.29, 0.717) is 37.0 Å². The second-order valence-corrected chi connectivity index (χ2v) is 9.06. The van der Waals surface area contributed by atoms with Crippen LogP contribution >= 0.6 is 22.9 Å². The number of thiazole rings is 1. The van der Waals surface area contributed by atoms with Crippen molar-refractivity contribution in [2.45, 2.75) is 18.8 Å². The molecule has 35 heavy (non-hydrogen) atoms. The van der Waals surface area contributed by atoms with Crippen molar-refractivity contribution in [2.24, 2.45) is 0 Å². The number of carbonyl (C=O) groups excluding carboxylic acids is 3. The molecule has 1 saturated heterocycles. The molecule has 0 atom stereocenters. The SMILES string of the molecule is O=C(NNC(=O)c1ccc(F)cc1F)c1csc(C2CCN(C(=O)c3c(F)cccc3Cl)CC2)n1. The van der Waals surface area contributed by atoms with Crippen LogP contribution in [0, 0.1) is 17.5 Å². The van der Waals surface area contributed by atoms with E-state index in [-0.39, 0.29) is 22.2 Å². The molecule has 1 fully saturated rings. The molecule has 2 aromatic carbocycles. The van der Waals surface area contributed by atoms with Crippen LogP contribution in [-0.2, 0) is 0 Å². The number of hydrogen-bond donors (Lipinski definition) is 2. The molecule has 1 aliphatic heterocycles. The van der Waals surface area contributed by atoms with Crippen molar-refractivity contribution in [1.82, 2.24) is 20.7 Å². The van der Waals surface area contributed by atoms with Crippen LogP contribution in [0.5, 0.6) is 0 Å². The number of piperidine rings is 1. The second-order valence-electron chi connectivity index (χ2n) is 7.77. The average Bonchev–Trinajstić information content (AvgIpc) is 3.33. The first kappa shape index (κ1) is 24.7. The van der Waals surface area contributed by atoms with Crippen molar-refractivity contribution >= 4 is 40.7 Å². The molecule has 4 rings (SSSR count). The van der Waals surface area contributed by atoms with Crippen LogP contribution in [-0.4, -0.2) is 40.7 Å². The van der Waals surface area contributed by atoms with E-state index in [2.05, 4.69) is 15.8 Å². The van der Waals surface area contributed by atoms with E-state index in [4.69, 9.17) is 11.6 Å². The van der Waals surface area contributed by atoms with Gasteiger partial charge in [-0.05, 0) is 37.1 Å². The Morgan fingerprint density at radius 3 is 2.40 bits per heavy atom. The highest BCUT2D eigenvalue weighted by atomic mass is 35.5. The summed E-state index contributed by atoms with van der Waals surface area (Å²) in [6.45, 7) is 0.739. The molecule has 0 spiro atoms. The highest BCUT2D eigenvalue weighted by Crippen LogP contribution is 2.32. The van der Waals surface area contributed by atoms with Crippen molar-refractivity contribution in [3.05, 3.63) is 86.1 Å². The highest BCUT2D eigenvalue weighted by molar-refractivity contribution is 7.09. The first-order chi connectivity index (χ1) is 16.7. The molecular weight excluding hydrogens is 505 g/mol. The van der Waals surface area contributed by atoms with Gasteiger partial charge in [-0.2, -0.15) is 0 Å². The molecule has 0 radical (unpaired) electrons. The third kappa shape index (κ3) is 5.46. The molecule has 3 amide bonds. The lowest BCUT2D eigenvalue weighted by atomic mass is 9.97. The Bertz CT molecular complexity index is 1270. The van der Waals surface area contributed by atoms with E-state index < -0.39 is 40.7 Å². The Labute approximate surface area is 206 Å². The van der Waals surface area contributed by atoms with Gasteiger partial charge in [0.15, 0.2) is 0 Å². The van der Waals surface area contributed by atoms with E-state index >= 15 is 0 Å². The first-order valence-electron chi connectivity index (χ1n) is 10.5. The van der Waals surface area contributed by atoms with Gasteiger partial charge in [-0.1, -0.05) is 17.7 Å². The molecule has 1 aromatic heterocycles. The quantitative estimate of drug-likeness (QED) is 0.500. The summed E-state index contributed by atoms with van der Waals surface area (Å²) in [5.41, 5.74) is 3.70. The molecule has 7 nitrogen and oxygen atoms in total. The van der Waals surface area contributed by atoms with Crippen LogP contribution in [0.4, 0.5) is 13.2 Å². The summed E-state index contributed by atoms with van der Waals surface area (Å²) >= 11 is 7.26. The monoisotopic (exact) mass is 522 g/mol. The largest absolute Gasteiger partial charge is 0.338 e. The summed E-state index contributed by atoms with van der Waals surface area (Å²) in [7, 11) is 0. The Morgan fingerprint density at radius 1 is 1.00 bits per heavy atom. The number of carbonyl (C=O) groups is 3. The number of aromatic nitrogens is 1. The van der Waals surface area contributed by atoms with Crippen molar-refractivity contribution < 1.29 is 27.6 Å². The Hall–Kier alpha value is -3.44. The number of halogens is 4. The van der Waals surface area contributed by atoms with Crippen molar-refractivity contribution in [3.63, 3.8) is 0 Å². The van der Waals surface area contributed by atoms with Gasteiger partial charge in [0.1, 0.15) is 23.1 Å². The molecule has 12 heteroatoms. The molecule has 0 aliphatic carbocycles. The minimum absolute atomic E-state index is 0.00963. The molecule has 1 aliphatic rings. The van der Waals surface area contributed by atoms with Crippen LogP contribution in [0.2, 0.25) is 5.02 Å². The first-order valence-corrected chi connectivity index (χ1v) is 11.7. The summed E-state index contributed by atoms with van der Waals surface area (Å²) in [5, 5.41) is 2.26. The fourth-order valence-corrected chi connectivity index (χ4v) is 4.90. The van der Waals surface area contributed by atoms with Gasteiger partial charge in [0, 0.05) is 30.5 Å². The highest BCUT2D eigenvalue weighted by Gasteiger charge is 2.29. The third-order valence-electron chi connectivity index (χ3n) is 5.53. The molecule has 3 aromatic rings. The molecule has 2 heterocycles. The summed E-state index contributed by atoms with van der Waals surface area (Å²) < 4.78 is 40.8. The number of benzene rings is 2. The van der Waals surface area contributed by atoms with Crippen LogP contribution in [0.25, 0.3) is 0 Å². The predicted molar refractivity (Wildman–Crippen MR) is 123 cm³/mol. The van der Waals surface area contributed by atoms with E-state index in [1.54, 1.807) is 0 Å². The van der Waals surface area contributed by atoms with E-state index in [0.717, 1.165) is 12.1 Å². The Morgan fingerprint density at radius 2 is 1.71 bits per heavy atom. The zero-order valence-electron chi connectivity index (χ0n) is 18.0. The molecular formula is C23H18ClF3N4O3S. The number of nitrogens with one attached hydrogen (secondary N) is 2. The minimum atomic E-state index is -1.06. The van der Waals surface area contributed by atoms with Gasteiger partial charge in [0.2, 0.25) is 0 Å². The maximum absolute atomic E-state index is 14.1. The molecule has 0 unspecified atom stereocenters. The van der Waals surface area contributed by atoms with Gasteiger partial charge in [0.25, 0.3) is 17.7 Å². The third-order valence-corrected chi connectivity index (χ3v) is 6.85. The zero-order chi connectivity index (χ0) is 25.1. The number of rotatable bonds is 4. The molecule has 0 bridgehead atoms. The lowest BCUT2D eigenvalue weighted by molar-refractivity contribution is 0.0708. The smallest absolute Gasteiger partial charge is 0.289 e. The zero-order valence-corrected chi connectivity index (χ0v) is 19.6.